The molecular weight excluding hydrogens is 258 g/mol. The molecule has 0 spiro atoms. The number of aromatic nitrogens is 3. The normalized spacial score (nSPS) is 10.2. The van der Waals surface area contributed by atoms with E-state index >= 15 is 0 Å². The predicted octanol–water partition coefficient (Wildman–Crippen LogP) is 0.681. The first-order valence-electron chi connectivity index (χ1n) is 6.24. The summed E-state index contributed by atoms with van der Waals surface area (Å²) in [5.41, 5.74) is 7.00. The Kier molecular flexibility index (Phi) is 4.54. The number of nitrogens with two attached hydrogens (primary N) is 1. The van der Waals surface area contributed by atoms with Gasteiger partial charge in [-0.2, -0.15) is 0 Å². The minimum atomic E-state index is -0.368. The van der Waals surface area contributed by atoms with E-state index in [1.807, 2.05) is 31.3 Å². The molecule has 0 unspecified atom stereocenters. The van der Waals surface area contributed by atoms with Crippen LogP contribution in [0.5, 0.6) is 5.75 Å². The van der Waals surface area contributed by atoms with E-state index < -0.39 is 0 Å². The lowest BCUT2D eigenvalue weighted by molar-refractivity contribution is -0.118. The van der Waals surface area contributed by atoms with Gasteiger partial charge in [0.15, 0.2) is 0 Å². The molecule has 20 heavy (non-hydrogen) atoms. The second-order valence-electron chi connectivity index (χ2n) is 4.29. The van der Waals surface area contributed by atoms with E-state index in [0.29, 0.717) is 18.9 Å². The van der Waals surface area contributed by atoms with Gasteiger partial charge >= 0.3 is 0 Å². The minimum Gasteiger partial charge on any atom is -0.493 e. The summed E-state index contributed by atoms with van der Waals surface area (Å²) < 4.78 is 7.11. The maximum absolute atomic E-state index is 10.6. The van der Waals surface area contributed by atoms with Crippen LogP contribution in [-0.2, 0) is 18.4 Å². The fourth-order valence-electron chi connectivity index (χ4n) is 1.60. The largest absolute Gasteiger partial charge is 0.493 e. The number of primary amides is 1. The highest BCUT2D eigenvalue weighted by molar-refractivity contribution is 5.73. The Labute approximate surface area is 116 Å². The Bertz CT molecular complexity index is 564. The number of benzene rings is 1. The smallest absolute Gasteiger partial charge is 0.220 e. The molecule has 2 aromatic rings. The van der Waals surface area contributed by atoms with Gasteiger partial charge in [-0.25, -0.2) is 0 Å². The highest BCUT2D eigenvalue weighted by Crippen LogP contribution is 2.16. The van der Waals surface area contributed by atoms with Crippen molar-refractivity contribution in [1.82, 2.24) is 15.0 Å². The number of anilines is 1. The second kappa shape index (κ2) is 6.55. The Hall–Kier alpha value is -2.57. The van der Waals surface area contributed by atoms with Crippen LogP contribution in [0.3, 0.4) is 0 Å². The van der Waals surface area contributed by atoms with Crippen LogP contribution in [0.4, 0.5) is 5.69 Å². The van der Waals surface area contributed by atoms with Crippen molar-refractivity contribution in [2.45, 2.75) is 13.0 Å². The molecule has 0 aliphatic heterocycles. The van der Waals surface area contributed by atoms with Crippen molar-refractivity contribution in [3.05, 3.63) is 36.2 Å². The van der Waals surface area contributed by atoms with Crippen LogP contribution < -0.4 is 15.8 Å². The predicted molar refractivity (Wildman–Crippen MR) is 74.1 cm³/mol. The molecule has 0 radical (unpaired) electrons. The molecule has 0 aliphatic rings. The molecule has 3 N–H and O–H groups in total. The SMILES string of the molecule is Cn1nncc1CNc1ccc(OCCC(N)=O)cc1. The summed E-state index contributed by atoms with van der Waals surface area (Å²) in [5.74, 6) is 0.340. The average Bonchev–Trinajstić information content (AvgIpc) is 2.83. The molecule has 0 bridgehead atoms. The molecule has 1 heterocycles. The van der Waals surface area contributed by atoms with Gasteiger partial charge in [0.25, 0.3) is 0 Å². The van der Waals surface area contributed by atoms with Gasteiger partial charge < -0.3 is 15.8 Å². The Balaban J connectivity index is 1.82. The molecule has 0 saturated carbocycles. The monoisotopic (exact) mass is 275 g/mol. The van der Waals surface area contributed by atoms with E-state index in [0.717, 1.165) is 11.4 Å². The number of nitrogens with zero attached hydrogens (tertiary/aromatic N) is 3. The van der Waals surface area contributed by atoms with Gasteiger partial charge in [0.2, 0.25) is 5.91 Å². The number of hydrogen-bond acceptors (Lipinski definition) is 5. The lowest BCUT2D eigenvalue weighted by Gasteiger charge is -2.08. The van der Waals surface area contributed by atoms with Crippen molar-refractivity contribution in [3.63, 3.8) is 0 Å². The van der Waals surface area contributed by atoms with Gasteiger partial charge in [0, 0.05) is 12.7 Å². The van der Waals surface area contributed by atoms with Crippen molar-refractivity contribution in [1.29, 1.82) is 0 Å². The number of nitrogens with one attached hydrogen (secondary N) is 1. The fraction of sp³-hybridized carbons (Fsp3) is 0.308. The summed E-state index contributed by atoms with van der Waals surface area (Å²) in [6.07, 6.45) is 1.93. The van der Waals surface area contributed by atoms with E-state index in [1.54, 1.807) is 10.9 Å². The summed E-state index contributed by atoms with van der Waals surface area (Å²) in [6, 6.07) is 7.49. The molecule has 0 aliphatic carbocycles. The summed E-state index contributed by atoms with van der Waals surface area (Å²) in [5, 5.41) is 10.9. The van der Waals surface area contributed by atoms with E-state index in [-0.39, 0.29) is 12.3 Å². The first kappa shape index (κ1) is 13.9. The minimum absolute atomic E-state index is 0.216. The topological polar surface area (TPSA) is 95.1 Å². The average molecular weight is 275 g/mol. The number of amides is 1. The van der Waals surface area contributed by atoms with Crippen LogP contribution >= 0.6 is 0 Å². The van der Waals surface area contributed by atoms with E-state index in [4.69, 9.17) is 10.5 Å². The molecule has 1 aromatic carbocycles. The van der Waals surface area contributed by atoms with Gasteiger partial charge in [0.1, 0.15) is 5.75 Å². The molecule has 7 heteroatoms. The van der Waals surface area contributed by atoms with Crippen LogP contribution in [0.25, 0.3) is 0 Å². The first-order valence-corrected chi connectivity index (χ1v) is 6.24. The summed E-state index contributed by atoms with van der Waals surface area (Å²) in [7, 11) is 1.85. The summed E-state index contributed by atoms with van der Waals surface area (Å²) in [4.78, 5) is 10.6. The van der Waals surface area contributed by atoms with Gasteiger partial charge in [-0.15, -0.1) is 5.10 Å². The standard InChI is InChI=1S/C13H17N5O2/c1-18-11(9-16-17-18)8-15-10-2-4-12(5-3-10)20-7-6-13(14)19/h2-5,9,15H,6-8H2,1H3,(H2,14,19). The van der Waals surface area contributed by atoms with E-state index in [9.17, 15) is 4.79 Å². The molecule has 106 valence electrons. The lowest BCUT2D eigenvalue weighted by Crippen LogP contribution is -2.14. The molecule has 0 atom stereocenters. The third-order valence-electron chi connectivity index (χ3n) is 2.75. The Morgan fingerprint density at radius 3 is 2.75 bits per heavy atom. The van der Waals surface area contributed by atoms with Crippen molar-refractivity contribution < 1.29 is 9.53 Å². The molecular formula is C13H17N5O2. The number of rotatable bonds is 7. The second-order valence-corrected chi connectivity index (χ2v) is 4.29. The zero-order valence-electron chi connectivity index (χ0n) is 11.2. The quantitative estimate of drug-likeness (QED) is 0.775. The zero-order valence-corrected chi connectivity index (χ0v) is 11.2. The molecule has 0 fully saturated rings. The van der Waals surface area contributed by atoms with Crippen LogP contribution in [0.1, 0.15) is 12.1 Å². The molecule has 1 amide bonds. The number of carbonyl (C=O) groups is 1. The first-order chi connectivity index (χ1) is 9.65. The highest BCUT2D eigenvalue weighted by Gasteiger charge is 2.00. The molecule has 1 aromatic heterocycles. The van der Waals surface area contributed by atoms with Crippen molar-refractivity contribution in [2.24, 2.45) is 12.8 Å². The lowest BCUT2D eigenvalue weighted by atomic mass is 10.3. The van der Waals surface area contributed by atoms with Crippen LogP contribution in [-0.4, -0.2) is 27.5 Å². The van der Waals surface area contributed by atoms with Gasteiger partial charge in [0.05, 0.1) is 31.5 Å². The number of carbonyl (C=O) groups excluding carboxylic acids is 1. The summed E-state index contributed by atoms with van der Waals surface area (Å²) in [6.45, 7) is 0.939. The Morgan fingerprint density at radius 2 is 2.15 bits per heavy atom. The number of hydrogen-bond donors (Lipinski definition) is 2. The fourth-order valence-corrected chi connectivity index (χ4v) is 1.60. The van der Waals surface area contributed by atoms with Crippen molar-refractivity contribution in [2.75, 3.05) is 11.9 Å². The van der Waals surface area contributed by atoms with Gasteiger partial charge in [-0.3, -0.25) is 9.48 Å². The maximum atomic E-state index is 10.6. The van der Waals surface area contributed by atoms with Crippen LogP contribution in [0.2, 0.25) is 0 Å². The third-order valence-corrected chi connectivity index (χ3v) is 2.75. The van der Waals surface area contributed by atoms with Crippen molar-refractivity contribution >= 4 is 11.6 Å². The van der Waals surface area contributed by atoms with Gasteiger partial charge in [-0.05, 0) is 24.3 Å². The molecule has 2 rings (SSSR count). The van der Waals surface area contributed by atoms with Crippen LogP contribution in [0.15, 0.2) is 30.5 Å². The zero-order chi connectivity index (χ0) is 14.4. The Morgan fingerprint density at radius 1 is 1.40 bits per heavy atom. The van der Waals surface area contributed by atoms with Crippen molar-refractivity contribution in [3.8, 4) is 5.75 Å². The summed E-state index contributed by atoms with van der Waals surface area (Å²) >= 11 is 0. The van der Waals surface area contributed by atoms with E-state index in [1.165, 1.54) is 0 Å². The maximum Gasteiger partial charge on any atom is 0.220 e. The number of ether oxygens (including phenoxy) is 1. The molecule has 0 saturated heterocycles. The highest BCUT2D eigenvalue weighted by atomic mass is 16.5. The molecule has 7 nitrogen and oxygen atoms in total. The third kappa shape index (κ3) is 3.98. The van der Waals surface area contributed by atoms with Gasteiger partial charge in [-0.1, -0.05) is 5.21 Å². The van der Waals surface area contributed by atoms with Crippen LogP contribution in [0, 0.1) is 0 Å². The van der Waals surface area contributed by atoms with E-state index in [2.05, 4.69) is 15.6 Å². The number of aryl methyl sites for hydroxylation is 1.